The molecule has 1 aliphatic rings. The number of aryl methyl sites for hydroxylation is 1. The Morgan fingerprint density at radius 1 is 1.18 bits per heavy atom. The Balaban J connectivity index is 1.45. The van der Waals surface area contributed by atoms with Gasteiger partial charge in [0.2, 0.25) is 0 Å². The van der Waals surface area contributed by atoms with Crippen molar-refractivity contribution in [1.29, 1.82) is 0 Å². The summed E-state index contributed by atoms with van der Waals surface area (Å²) in [6, 6.07) is 14.0. The monoisotopic (exact) mass is 379 g/mol. The van der Waals surface area contributed by atoms with Crippen molar-refractivity contribution in [1.82, 2.24) is 4.98 Å². The highest BCUT2D eigenvalue weighted by Crippen LogP contribution is 2.29. The van der Waals surface area contributed by atoms with Crippen LogP contribution in [-0.4, -0.2) is 49.4 Å². The van der Waals surface area contributed by atoms with Gasteiger partial charge in [-0.15, -0.1) is 0 Å². The standard InChI is InChI=1S/C22H25N3O3/c1-15-4-3-5-19-21(15)18(22(26)24-19)14-23-16-6-8-17(9-7-16)25(2)11-10-20-27-12-13-28-20/h3-9,14,20,24,26H,10-13H2,1-2H3. The zero-order valence-electron chi connectivity index (χ0n) is 16.2. The maximum absolute atomic E-state index is 10.2. The number of hydrogen-bond acceptors (Lipinski definition) is 5. The number of nitrogens with one attached hydrogen (secondary N) is 1. The van der Waals surface area contributed by atoms with Crippen LogP contribution >= 0.6 is 0 Å². The summed E-state index contributed by atoms with van der Waals surface area (Å²) in [6.07, 6.45) is 2.48. The van der Waals surface area contributed by atoms with Crippen molar-refractivity contribution in [2.75, 3.05) is 31.7 Å². The summed E-state index contributed by atoms with van der Waals surface area (Å²) in [4.78, 5) is 9.72. The van der Waals surface area contributed by atoms with Gasteiger partial charge >= 0.3 is 0 Å². The summed E-state index contributed by atoms with van der Waals surface area (Å²) in [5.74, 6) is 0.140. The van der Waals surface area contributed by atoms with Crippen LogP contribution in [0.5, 0.6) is 5.88 Å². The Morgan fingerprint density at radius 2 is 1.93 bits per heavy atom. The van der Waals surface area contributed by atoms with E-state index in [-0.39, 0.29) is 12.2 Å². The van der Waals surface area contributed by atoms with E-state index < -0.39 is 0 Å². The summed E-state index contributed by atoms with van der Waals surface area (Å²) in [5.41, 5.74) is 4.67. The lowest BCUT2D eigenvalue weighted by Gasteiger charge is -2.20. The van der Waals surface area contributed by atoms with Crippen LogP contribution in [0.3, 0.4) is 0 Å². The van der Waals surface area contributed by atoms with Gasteiger partial charge in [0, 0.05) is 42.8 Å². The average molecular weight is 379 g/mol. The van der Waals surface area contributed by atoms with Crippen LogP contribution in [0.1, 0.15) is 17.5 Å². The highest BCUT2D eigenvalue weighted by atomic mass is 16.7. The molecule has 1 saturated heterocycles. The molecular formula is C22H25N3O3. The number of aliphatic imine (C=N–C) groups is 1. The number of anilines is 1. The third kappa shape index (κ3) is 3.88. The fraction of sp³-hybridized carbons (Fsp3) is 0.318. The van der Waals surface area contributed by atoms with Gasteiger partial charge in [0.25, 0.3) is 0 Å². The number of aromatic hydroxyl groups is 1. The largest absolute Gasteiger partial charge is 0.494 e. The Morgan fingerprint density at radius 3 is 2.68 bits per heavy atom. The van der Waals surface area contributed by atoms with Gasteiger partial charge in [0.15, 0.2) is 12.2 Å². The van der Waals surface area contributed by atoms with E-state index in [9.17, 15) is 5.11 Å². The maximum Gasteiger partial charge on any atom is 0.198 e. The van der Waals surface area contributed by atoms with Crippen LogP contribution in [0.2, 0.25) is 0 Å². The van der Waals surface area contributed by atoms with Gasteiger partial charge in [-0.05, 0) is 42.8 Å². The van der Waals surface area contributed by atoms with E-state index in [1.807, 2.05) is 49.4 Å². The molecule has 2 heterocycles. The molecule has 2 aromatic carbocycles. The van der Waals surface area contributed by atoms with Crippen molar-refractivity contribution in [3.8, 4) is 5.88 Å². The maximum atomic E-state index is 10.2. The van der Waals surface area contributed by atoms with Gasteiger partial charge < -0.3 is 24.5 Å². The van der Waals surface area contributed by atoms with E-state index in [1.165, 1.54) is 0 Å². The van der Waals surface area contributed by atoms with E-state index in [1.54, 1.807) is 6.21 Å². The number of H-pyrrole nitrogens is 1. The van der Waals surface area contributed by atoms with Crippen LogP contribution in [0, 0.1) is 6.92 Å². The number of aromatic nitrogens is 1. The summed E-state index contributed by atoms with van der Waals surface area (Å²) in [7, 11) is 2.06. The normalized spacial score (nSPS) is 15.1. The second-order valence-electron chi connectivity index (χ2n) is 7.04. The van der Waals surface area contributed by atoms with Crippen LogP contribution in [-0.2, 0) is 9.47 Å². The SMILES string of the molecule is Cc1cccc2[nH]c(O)c(C=Nc3ccc(N(C)CCC4OCCO4)cc3)c12. The molecule has 0 unspecified atom stereocenters. The molecule has 0 atom stereocenters. The lowest BCUT2D eigenvalue weighted by atomic mass is 10.1. The molecule has 1 fully saturated rings. The van der Waals surface area contributed by atoms with Crippen molar-refractivity contribution in [2.45, 2.75) is 19.6 Å². The van der Waals surface area contributed by atoms with Crippen LogP contribution in [0.15, 0.2) is 47.5 Å². The van der Waals surface area contributed by atoms with Crippen molar-refractivity contribution in [2.24, 2.45) is 4.99 Å². The van der Waals surface area contributed by atoms with Crippen LogP contribution in [0.25, 0.3) is 10.9 Å². The molecule has 6 heteroatoms. The highest BCUT2D eigenvalue weighted by molar-refractivity contribution is 6.04. The zero-order chi connectivity index (χ0) is 19.5. The summed E-state index contributed by atoms with van der Waals surface area (Å²) in [6.45, 7) is 4.26. The molecular weight excluding hydrogens is 354 g/mol. The molecule has 1 aromatic heterocycles. The predicted octanol–water partition coefficient (Wildman–Crippen LogP) is 4.13. The molecule has 0 amide bonds. The first-order valence-corrected chi connectivity index (χ1v) is 9.50. The van der Waals surface area contributed by atoms with Gasteiger partial charge in [0.05, 0.1) is 24.5 Å². The smallest absolute Gasteiger partial charge is 0.198 e. The number of fused-ring (bicyclic) bond motifs is 1. The second kappa shape index (κ2) is 8.04. The molecule has 28 heavy (non-hydrogen) atoms. The molecule has 6 nitrogen and oxygen atoms in total. The van der Waals surface area contributed by atoms with Crippen molar-refractivity contribution in [3.05, 3.63) is 53.6 Å². The third-order valence-electron chi connectivity index (χ3n) is 5.07. The molecule has 0 saturated carbocycles. The molecule has 3 aromatic rings. The van der Waals surface area contributed by atoms with E-state index in [2.05, 4.69) is 21.9 Å². The van der Waals surface area contributed by atoms with Gasteiger partial charge in [-0.3, -0.25) is 4.99 Å². The van der Waals surface area contributed by atoms with Crippen LogP contribution in [0.4, 0.5) is 11.4 Å². The fourth-order valence-corrected chi connectivity index (χ4v) is 3.50. The lowest BCUT2D eigenvalue weighted by molar-refractivity contribution is -0.0447. The highest BCUT2D eigenvalue weighted by Gasteiger charge is 2.16. The Bertz CT molecular complexity index is 973. The Hall–Kier alpha value is -2.83. The third-order valence-corrected chi connectivity index (χ3v) is 5.07. The van der Waals surface area contributed by atoms with E-state index in [4.69, 9.17) is 9.47 Å². The average Bonchev–Trinajstić information content (AvgIpc) is 3.33. The number of nitrogens with zero attached hydrogens (tertiary/aromatic N) is 2. The molecule has 0 bridgehead atoms. The number of aromatic amines is 1. The molecule has 2 N–H and O–H groups in total. The van der Waals surface area contributed by atoms with Gasteiger partial charge in [-0.2, -0.15) is 0 Å². The van der Waals surface area contributed by atoms with Crippen molar-refractivity contribution in [3.63, 3.8) is 0 Å². The Labute approximate surface area is 164 Å². The molecule has 146 valence electrons. The number of ether oxygens (including phenoxy) is 2. The molecule has 0 spiro atoms. The van der Waals surface area contributed by atoms with E-state index in [0.29, 0.717) is 18.8 Å². The minimum absolute atomic E-state index is 0.0846. The van der Waals surface area contributed by atoms with Gasteiger partial charge in [0.1, 0.15) is 0 Å². The van der Waals surface area contributed by atoms with Crippen LogP contribution < -0.4 is 4.90 Å². The lowest BCUT2D eigenvalue weighted by Crippen LogP contribution is -2.23. The Kier molecular flexibility index (Phi) is 5.32. The first kappa shape index (κ1) is 18.5. The molecule has 1 aliphatic heterocycles. The predicted molar refractivity (Wildman–Crippen MR) is 112 cm³/mol. The minimum Gasteiger partial charge on any atom is -0.494 e. The number of rotatable bonds is 6. The first-order chi connectivity index (χ1) is 13.6. The summed E-state index contributed by atoms with van der Waals surface area (Å²) >= 11 is 0. The molecule has 4 rings (SSSR count). The topological polar surface area (TPSA) is 70.1 Å². The van der Waals surface area contributed by atoms with Gasteiger partial charge in [-0.1, -0.05) is 12.1 Å². The zero-order valence-corrected chi connectivity index (χ0v) is 16.2. The molecule has 0 radical (unpaired) electrons. The number of benzene rings is 2. The number of hydrogen-bond donors (Lipinski definition) is 2. The summed E-state index contributed by atoms with van der Waals surface area (Å²) < 4.78 is 11.0. The van der Waals surface area contributed by atoms with E-state index in [0.717, 1.165) is 40.8 Å². The van der Waals surface area contributed by atoms with Crippen molar-refractivity contribution < 1.29 is 14.6 Å². The fourth-order valence-electron chi connectivity index (χ4n) is 3.50. The van der Waals surface area contributed by atoms with Gasteiger partial charge in [-0.25, -0.2) is 0 Å². The summed E-state index contributed by atoms with van der Waals surface area (Å²) in [5, 5.41) is 11.2. The second-order valence-corrected chi connectivity index (χ2v) is 7.04. The minimum atomic E-state index is -0.0846. The molecule has 0 aliphatic carbocycles. The van der Waals surface area contributed by atoms with Crippen molar-refractivity contribution >= 4 is 28.5 Å². The quantitative estimate of drug-likeness (QED) is 0.632. The first-order valence-electron chi connectivity index (χ1n) is 9.50. The van der Waals surface area contributed by atoms with E-state index >= 15 is 0 Å².